The number of allylic oxidation sites excluding steroid dienone is 1. The molecule has 7 nitrogen and oxygen atoms in total. The maximum Gasteiger partial charge on any atom is 0.343 e. The summed E-state index contributed by atoms with van der Waals surface area (Å²) in [6.45, 7) is 3.98. The van der Waals surface area contributed by atoms with Gasteiger partial charge in [-0.15, -0.1) is 0 Å². The first-order chi connectivity index (χ1) is 16.5. The molecule has 0 bridgehead atoms. The molecule has 1 aliphatic heterocycles. The summed E-state index contributed by atoms with van der Waals surface area (Å²) in [6, 6.07) is 21.2. The predicted molar refractivity (Wildman–Crippen MR) is 126 cm³/mol. The minimum Gasteiger partial charge on any atom is -0.493 e. The Hall–Kier alpha value is -4.70. The summed E-state index contributed by atoms with van der Waals surface area (Å²) < 4.78 is 22.3. The van der Waals surface area contributed by atoms with Crippen LogP contribution in [-0.2, 0) is 0 Å². The van der Waals surface area contributed by atoms with Crippen LogP contribution in [0.1, 0.15) is 27.4 Å². The fourth-order valence-corrected chi connectivity index (χ4v) is 3.71. The first kappa shape index (κ1) is 22.5. The number of nitrogens with two attached hydrogens (primary N) is 1. The molecule has 0 radical (unpaired) electrons. The highest BCUT2D eigenvalue weighted by Crippen LogP contribution is 2.45. The van der Waals surface area contributed by atoms with Gasteiger partial charge in [0.25, 0.3) is 0 Å². The van der Waals surface area contributed by atoms with Crippen molar-refractivity contribution < 1.29 is 23.7 Å². The van der Waals surface area contributed by atoms with Gasteiger partial charge in [0.15, 0.2) is 11.5 Å². The number of rotatable bonds is 7. The summed E-state index contributed by atoms with van der Waals surface area (Å²) in [7, 11) is 1.54. The fourth-order valence-electron chi connectivity index (χ4n) is 3.71. The fraction of sp³-hybridized carbons (Fsp3) is 0.111. The second-order valence-corrected chi connectivity index (χ2v) is 7.39. The van der Waals surface area contributed by atoms with Gasteiger partial charge < -0.3 is 24.7 Å². The standard InChI is InChI=1S/C27H22N2O5/c1-3-13-32-22-12-9-18(14-24(22)31-2)25-20-11-10-19(15-23(20)34-26(29)21(25)16-28)33-27(30)17-7-5-4-6-8-17/h3-12,14-15,25H,1,13,29H2,2H3. The lowest BCUT2D eigenvalue weighted by Gasteiger charge is -2.27. The molecule has 2 N–H and O–H groups in total. The average Bonchev–Trinajstić information content (AvgIpc) is 2.87. The minimum absolute atomic E-state index is 0.0162. The molecule has 0 fully saturated rings. The van der Waals surface area contributed by atoms with E-state index in [-0.39, 0.29) is 11.5 Å². The van der Waals surface area contributed by atoms with Crippen molar-refractivity contribution in [3.63, 3.8) is 0 Å². The number of carbonyl (C=O) groups is 1. The highest BCUT2D eigenvalue weighted by molar-refractivity contribution is 5.91. The molecule has 1 heterocycles. The van der Waals surface area contributed by atoms with Gasteiger partial charge in [-0.3, -0.25) is 0 Å². The van der Waals surface area contributed by atoms with Crippen molar-refractivity contribution in [3.8, 4) is 29.1 Å². The van der Waals surface area contributed by atoms with Crippen LogP contribution in [0.5, 0.6) is 23.0 Å². The number of nitriles is 1. The Kier molecular flexibility index (Phi) is 6.51. The Labute approximate surface area is 197 Å². The number of esters is 1. The number of benzene rings is 3. The van der Waals surface area contributed by atoms with Gasteiger partial charge in [0.2, 0.25) is 5.88 Å². The molecule has 0 aliphatic carbocycles. The number of hydrogen-bond acceptors (Lipinski definition) is 7. The zero-order valence-electron chi connectivity index (χ0n) is 18.5. The Morgan fingerprint density at radius 1 is 1.15 bits per heavy atom. The molecule has 0 saturated heterocycles. The van der Waals surface area contributed by atoms with Crippen LogP contribution < -0.4 is 24.7 Å². The van der Waals surface area contributed by atoms with Crippen LogP contribution in [0.25, 0.3) is 0 Å². The van der Waals surface area contributed by atoms with Gasteiger partial charge in [0, 0.05) is 11.6 Å². The van der Waals surface area contributed by atoms with Crippen LogP contribution >= 0.6 is 0 Å². The molecule has 1 atom stereocenters. The molecule has 3 aromatic rings. The molecule has 3 aromatic carbocycles. The Balaban J connectivity index is 1.70. The molecular formula is C27H22N2O5. The van der Waals surface area contributed by atoms with Crippen molar-refractivity contribution in [1.82, 2.24) is 0 Å². The molecule has 0 amide bonds. The van der Waals surface area contributed by atoms with Gasteiger partial charge in [-0.25, -0.2) is 4.79 Å². The van der Waals surface area contributed by atoms with Crippen molar-refractivity contribution in [1.29, 1.82) is 5.26 Å². The number of fused-ring (bicyclic) bond motifs is 1. The Morgan fingerprint density at radius 2 is 1.94 bits per heavy atom. The van der Waals surface area contributed by atoms with Crippen LogP contribution in [0.15, 0.2) is 90.8 Å². The van der Waals surface area contributed by atoms with E-state index in [1.165, 1.54) is 0 Å². The molecule has 0 aromatic heterocycles. The number of nitrogens with zero attached hydrogens (tertiary/aromatic N) is 1. The first-order valence-electron chi connectivity index (χ1n) is 10.5. The Morgan fingerprint density at radius 3 is 2.65 bits per heavy atom. The van der Waals surface area contributed by atoms with Crippen LogP contribution in [0.3, 0.4) is 0 Å². The van der Waals surface area contributed by atoms with E-state index in [0.717, 1.165) is 5.56 Å². The van der Waals surface area contributed by atoms with E-state index < -0.39 is 11.9 Å². The molecule has 0 spiro atoms. The average molecular weight is 454 g/mol. The zero-order chi connectivity index (χ0) is 24.1. The normalized spacial score (nSPS) is 14.3. The van der Waals surface area contributed by atoms with Gasteiger partial charge in [-0.2, -0.15) is 5.26 Å². The Bertz CT molecular complexity index is 1310. The molecule has 1 aliphatic rings. The van der Waals surface area contributed by atoms with Crippen LogP contribution in [0.2, 0.25) is 0 Å². The lowest BCUT2D eigenvalue weighted by Crippen LogP contribution is -2.21. The van der Waals surface area contributed by atoms with Crippen LogP contribution in [0.4, 0.5) is 0 Å². The highest BCUT2D eigenvalue weighted by Gasteiger charge is 2.31. The van der Waals surface area contributed by atoms with Crippen molar-refractivity contribution >= 4 is 5.97 Å². The van der Waals surface area contributed by atoms with Crippen molar-refractivity contribution in [2.75, 3.05) is 13.7 Å². The zero-order valence-corrected chi connectivity index (χ0v) is 18.5. The van der Waals surface area contributed by atoms with Crippen LogP contribution in [0, 0.1) is 11.3 Å². The third-order valence-electron chi connectivity index (χ3n) is 5.29. The van der Waals surface area contributed by atoms with E-state index in [1.54, 1.807) is 67.8 Å². The molecule has 0 saturated carbocycles. The van der Waals surface area contributed by atoms with Crippen molar-refractivity contribution in [2.24, 2.45) is 5.73 Å². The van der Waals surface area contributed by atoms with E-state index in [0.29, 0.717) is 40.7 Å². The molecule has 7 heteroatoms. The topological polar surface area (TPSA) is 104 Å². The lowest BCUT2D eigenvalue weighted by atomic mass is 9.83. The van der Waals surface area contributed by atoms with Gasteiger partial charge in [-0.05, 0) is 35.9 Å². The van der Waals surface area contributed by atoms with Crippen molar-refractivity contribution in [3.05, 3.63) is 108 Å². The van der Waals surface area contributed by atoms with Crippen molar-refractivity contribution in [2.45, 2.75) is 5.92 Å². The number of hydrogen-bond donors (Lipinski definition) is 1. The quantitative estimate of drug-likeness (QED) is 0.314. The summed E-state index contributed by atoms with van der Waals surface area (Å²) >= 11 is 0. The van der Waals surface area contributed by atoms with Gasteiger partial charge in [0.1, 0.15) is 29.7 Å². The maximum absolute atomic E-state index is 12.4. The second-order valence-electron chi connectivity index (χ2n) is 7.39. The third kappa shape index (κ3) is 4.43. The number of methoxy groups -OCH3 is 1. The molecular weight excluding hydrogens is 432 g/mol. The van der Waals surface area contributed by atoms with Gasteiger partial charge >= 0.3 is 5.97 Å². The second kappa shape index (κ2) is 9.84. The summed E-state index contributed by atoms with van der Waals surface area (Å²) in [4.78, 5) is 12.4. The minimum atomic E-state index is -0.505. The third-order valence-corrected chi connectivity index (χ3v) is 5.29. The molecule has 170 valence electrons. The van der Waals surface area contributed by atoms with Crippen LogP contribution in [-0.4, -0.2) is 19.7 Å². The summed E-state index contributed by atoms with van der Waals surface area (Å²) in [5.74, 6) is 0.742. The predicted octanol–water partition coefficient (Wildman–Crippen LogP) is 4.70. The highest BCUT2D eigenvalue weighted by atomic mass is 16.5. The SMILES string of the molecule is C=CCOc1ccc(C2C(C#N)=C(N)Oc3cc(OC(=O)c4ccccc4)ccc32)cc1OC. The molecule has 34 heavy (non-hydrogen) atoms. The van der Waals surface area contributed by atoms with Gasteiger partial charge in [0.05, 0.1) is 18.6 Å². The van der Waals surface area contributed by atoms with E-state index in [2.05, 4.69) is 12.6 Å². The monoisotopic (exact) mass is 454 g/mol. The van der Waals surface area contributed by atoms with Gasteiger partial charge in [-0.1, -0.05) is 43.0 Å². The summed E-state index contributed by atoms with van der Waals surface area (Å²) in [5.41, 5.74) is 8.26. The molecule has 4 rings (SSSR count). The van der Waals surface area contributed by atoms with E-state index in [4.69, 9.17) is 24.7 Å². The summed E-state index contributed by atoms with van der Waals surface area (Å²) in [5, 5.41) is 9.81. The number of carbonyl (C=O) groups excluding carboxylic acids is 1. The first-order valence-corrected chi connectivity index (χ1v) is 10.5. The maximum atomic E-state index is 12.4. The lowest BCUT2D eigenvalue weighted by molar-refractivity contribution is 0.0734. The van der Waals surface area contributed by atoms with E-state index in [9.17, 15) is 10.1 Å². The largest absolute Gasteiger partial charge is 0.493 e. The number of ether oxygens (including phenoxy) is 4. The smallest absolute Gasteiger partial charge is 0.343 e. The van der Waals surface area contributed by atoms with E-state index >= 15 is 0 Å². The van der Waals surface area contributed by atoms with E-state index in [1.807, 2.05) is 12.1 Å². The summed E-state index contributed by atoms with van der Waals surface area (Å²) in [6.07, 6.45) is 1.64. The molecule has 1 unspecified atom stereocenters.